The Morgan fingerprint density at radius 1 is 1.37 bits per heavy atom. The van der Waals surface area contributed by atoms with E-state index in [9.17, 15) is 9.18 Å². The van der Waals surface area contributed by atoms with E-state index in [1.54, 1.807) is 6.07 Å². The van der Waals surface area contributed by atoms with Crippen molar-refractivity contribution in [1.29, 1.82) is 0 Å². The maximum atomic E-state index is 13.3. The molecule has 1 aromatic heterocycles. The number of halogens is 1. The number of hydrogen-bond acceptors (Lipinski definition) is 2. The van der Waals surface area contributed by atoms with Crippen LogP contribution in [0.5, 0.6) is 0 Å². The lowest BCUT2D eigenvalue weighted by Gasteiger charge is -2.11. The van der Waals surface area contributed by atoms with Crippen LogP contribution in [-0.4, -0.2) is 16.1 Å². The van der Waals surface area contributed by atoms with E-state index in [1.807, 2.05) is 19.9 Å². The zero-order chi connectivity index (χ0) is 14.0. The van der Waals surface area contributed by atoms with E-state index in [0.29, 0.717) is 17.3 Å². The molecule has 0 atom stereocenters. The van der Waals surface area contributed by atoms with E-state index in [0.717, 1.165) is 11.3 Å². The van der Waals surface area contributed by atoms with Gasteiger partial charge in [-0.1, -0.05) is 13.8 Å². The first kappa shape index (κ1) is 13.5. The van der Waals surface area contributed by atoms with Crippen molar-refractivity contribution in [3.05, 3.63) is 41.3 Å². The molecule has 0 fully saturated rings. The van der Waals surface area contributed by atoms with E-state index in [2.05, 4.69) is 4.98 Å². The largest absolute Gasteiger partial charge is 0.481 e. The van der Waals surface area contributed by atoms with E-state index in [-0.39, 0.29) is 18.2 Å². The number of carbonyl (C=O) groups is 1. The molecule has 0 aliphatic heterocycles. The minimum atomic E-state index is -0.854. The number of pyridine rings is 1. The summed E-state index contributed by atoms with van der Waals surface area (Å²) in [4.78, 5) is 15.2. The Morgan fingerprint density at radius 3 is 2.74 bits per heavy atom. The van der Waals surface area contributed by atoms with Crippen LogP contribution in [0, 0.1) is 5.82 Å². The normalized spacial score (nSPS) is 11.2. The molecule has 2 rings (SSSR count). The van der Waals surface area contributed by atoms with Gasteiger partial charge in [0.1, 0.15) is 5.82 Å². The second kappa shape index (κ2) is 5.34. The smallest absolute Gasteiger partial charge is 0.303 e. The molecule has 19 heavy (non-hydrogen) atoms. The molecule has 1 aromatic carbocycles. The molecule has 100 valence electrons. The Hall–Kier alpha value is -1.97. The molecular weight excluding hydrogens is 245 g/mol. The molecule has 0 unspecified atom stereocenters. The Bertz CT molecular complexity index is 623. The highest BCUT2D eigenvalue weighted by atomic mass is 19.1. The highest BCUT2D eigenvalue weighted by Gasteiger charge is 2.10. The van der Waals surface area contributed by atoms with Crippen molar-refractivity contribution in [2.45, 2.75) is 32.6 Å². The van der Waals surface area contributed by atoms with Crippen LogP contribution in [0.15, 0.2) is 24.3 Å². The predicted octanol–water partition coefficient (Wildman–Crippen LogP) is 3.51. The Labute approximate surface area is 111 Å². The van der Waals surface area contributed by atoms with Crippen molar-refractivity contribution in [2.75, 3.05) is 0 Å². The van der Waals surface area contributed by atoms with Gasteiger partial charge in [-0.15, -0.1) is 0 Å². The number of aromatic nitrogens is 1. The van der Waals surface area contributed by atoms with Gasteiger partial charge in [-0.25, -0.2) is 4.39 Å². The molecule has 0 saturated carbocycles. The molecule has 0 amide bonds. The van der Waals surface area contributed by atoms with Crippen molar-refractivity contribution < 1.29 is 14.3 Å². The van der Waals surface area contributed by atoms with Gasteiger partial charge in [-0.2, -0.15) is 0 Å². The molecule has 0 saturated heterocycles. The molecule has 3 nitrogen and oxygen atoms in total. The fourth-order valence-corrected chi connectivity index (χ4v) is 2.03. The van der Waals surface area contributed by atoms with Crippen LogP contribution in [0.2, 0.25) is 0 Å². The van der Waals surface area contributed by atoms with Crippen molar-refractivity contribution in [3.63, 3.8) is 0 Å². The van der Waals surface area contributed by atoms with E-state index < -0.39 is 5.97 Å². The Balaban J connectivity index is 2.55. The van der Waals surface area contributed by atoms with Gasteiger partial charge in [0.15, 0.2) is 0 Å². The molecule has 1 N–H and O–H groups in total. The maximum absolute atomic E-state index is 13.3. The highest BCUT2D eigenvalue weighted by Crippen LogP contribution is 2.24. The lowest BCUT2D eigenvalue weighted by molar-refractivity contribution is -0.136. The summed E-state index contributed by atoms with van der Waals surface area (Å²) in [6, 6.07) is 6.32. The minimum absolute atomic E-state index is 0.0349. The zero-order valence-electron chi connectivity index (χ0n) is 11.0. The van der Waals surface area contributed by atoms with E-state index >= 15 is 0 Å². The molecule has 0 bridgehead atoms. The van der Waals surface area contributed by atoms with Crippen LogP contribution < -0.4 is 0 Å². The highest BCUT2D eigenvalue weighted by molar-refractivity contribution is 5.83. The first-order valence-corrected chi connectivity index (χ1v) is 6.28. The van der Waals surface area contributed by atoms with E-state index in [1.165, 1.54) is 12.1 Å². The topological polar surface area (TPSA) is 50.2 Å². The number of rotatable bonds is 4. The zero-order valence-corrected chi connectivity index (χ0v) is 11.0. The summed E-state index contributed by atoms with van der Waals surface area (Å²) in [6.45, 7) is 4.05. The summed E-state index contributed by atoms with van der Waals surface area (Å²) in [6.07, 6.45) is 0.421. The van der Waals surface area contributed by atoms with Gasteiger partial charge in [-0.05, 0) is 42.2 Å². The molecule has 0 aliphatic carbocycles. The fourth-order valence-electron chi connectivity index (χ4n) is 2.03. The fraction of sp³-hybridized carbons (Fsp3) is 0.333. The summed E-state index contributed by atoms with van der Waals surface area (Å²) >= 11 is 0. The summed E-state index contributed by atoms with van der Waals surface area (Å²) in [5, 5.41) is 9.49. The third kappa shape index (κ3) is 3.08. The van der Waals surface area contributed by atoms with Crippen LogP contribution in [0.4, 0.5) is 4.39 Å². The molecule has 4 heteroatoms. The van der Waals surface area contributed by atoms with Gasteiger partial charge in [0.25, 0.3) is 0 Å². The van der Waals surface area contributed by atoms with Crippen LogP contribution in [0.3, 0.4) is 0 Å². The number of carboxylic acid groups (broad SMARTS) is 1. The average Bonchev–Trinajstić information content (AvgIpc) is 2.35. The third-order valence-electron chi connectivity index (χ3n) is 3.08. The lowest BCUT2D eigenvalue weighted by Crippen LogP contribution is -2.02. The Morgan fingerprint density at radius 2 is 2.11 bits per heavy atom. The molecule has 0 aliphatic rings. The predicted molar refractivity (Wildman–Crippen MR) is 71.7 cm³/mol. The summed E-state index contributed by atoms with van der Waals surface area (Å²) < 4.78 is 13.3. The third-order valence-corrected chi connectivity index (χ3v) is 3.08. The number of nitrogens with zero attached hydrogens (tertiary/aromatic N) is 1. The first-order valence-electron chi connectivity index (χ1n) is 6.28. The van der Waals surface area contributed by atoms with Crippen molar-refractivity contribution in [2.24, 2.45) is 0 Å². The van der Waals surface area contributed by atoms with Gasteiger partial charge >= 0.3 is 5.97 Å². The summed E-state index contributed by atoms with van der Waals surface area (Å²) in [5.74, 6) is -0.936. The van der Waals surface area contributed by atoms with Crippen molar-refractivity contribution in [1.82, 2.24) is 4.98 Å². The van der Waals surface area contributed by atoms with Gasteiger partial charge < -0.3 is 5.11 Å². The average molecular weight is 261 g/mol. The molecule has 2 aromatic rings. The van der Waals surface area contributed by atoms with E-state index in [4.69, 9.17) is 5.11 Å². The number of aliphatic carboxylic acids is 1. The van der Waals surface area contributed by atoms with Crippen molar-refractivity contribution in [3.8, 4) is 0 Å². The lowest BCUT2D eigenvalue weighted by atomic mass is 9.99. The quantitative estimate of drug-likeness (QED) is 0.916. The van der Waals surface area contributed by atoms with Gasteiger partial charge in [0.2, 0.25) is 0 Å². The van der Waals surface area contributed by atoms with Crippen molar-refractivity contribution >= 4 is 16.9 Å². The van der Waals surface area contributed by atoms with Crippen LogP contribution in [0.25, 0.3) is 10.9 Å². The van der Waals surface area contributed by atoms with Gasteiger partial charge in [0, 0.05) is 17.5 Å². The second-order valence-electron chi connectivity index (χ2n) is 4.92. The number of hydrogen-bond donors (Lipinski definition) is 1. The van der Waals surface area contributed by atoms with Crippen LogP contribution in [-0.2, 0) is 11.2 Å². The molecule has 1 heterocycles. The summed E-state index contributed by atoms with van der Waals surface area (Å²) in [5.41, 5.74) is 2.46. The Kier molecular flexibility index (Phi) is 3.79. The monoisotopic (exact) mass is 261 g/mol. The standard InChI is InChI=1S/C15H16FNO2/c1-9(2)14-7-10(3-6-15(18)19)12-8-11(16)4-5-13(12)17-14/h4-5,7-9H,3,6H2,1-2H3,(H,18,19). The maximum Gasteiger partial charge on any atom is 0.303 e. The number of aryl methyl sites for hydroxylation is 1. The molecular formula is C15H16FNO2. The molecule has 0 radical (unpaired) electrons. The van der Waals surface area contributed by atoms with Gasteiger partial charge in [-0.3, -0.25) is 9.78 Å². The van der Waals surface area contributed by atoms with Gasteiger partial charge in [0.05, 0.1) is 5.52 Å². The minimum Gasteiger partial charge on any atom is -0.481 e. The molecule has 0 spiro atoms. The van der Waals surface area contributed by atoms with Crippen LogP contribution in [0.1, 0.15) is 37.4 Å². The summed E-state index contributed by atoms with van der Waals surface area (Å²) in [7, 11) is 0. The first-order chi connectivity index (χ1) is 8.97. The van der Waals surface area contributed by atoms with Crippen LogP contribution >= 0.6 is 0 Å². The number of benzene rings is 1. The number of carboxylic acids is 1. The SMILES string of the molecule is CC(C)c1cc(CCC(=O)O)c2cc(F)ccc2n1. The second-order valence-corrected chi connectivity index (χ2v) is 4.92. The number of fused-ring (bicyclic) bond motifs is 1.